The second-order valence-electron chi connectivity index (χ2n) is 2.76. The molecule has 5 heteroatoms. The number of halogens is 1. The van der Waals surface area contributed by atoms with Crippen LogP contribution in [-0.2, 0) is 0 Å². The van der Waals surface area contributed by atoms with Crippen molar-refractivity contribution in [3.63, 3.8) is 0 Å². The van der Waals surface area contributed by atoms with Gasteiger partial charge in [0.25, 0.3) is 0 Å². The average Bonchev–Trinajstić information content (AvgIpc) is 2.62. The molecule has 14 heavy (non-hydrogen) atoms. The van der Waals surface area contributed by atoms with E-state index in [1.807, 2.05) is 0 Å². The van der Waals surface area contributed by atoms with Gasteiger partial charge in [0.05, 0.1) is 9.58 Å². The fraction of sp³-hybridized carbons (Fsp3) is 0. The van der Waals surface area contributed by atoms with Crippen molar-refractivity contribution < 1.29 is 9.60 Å². The average molecular weight is 210 g/mol. The Morgan fingerprint density at radius 1 is 1.50 bits per heavy atom. The molecule has 0 aliphatic rings. The van der Waals surface area contributed by atoms with Gasteiger partial charge in [0.2, 0.25) is 0 Å². The van der Waals surface area contributed by atoms with E-state index in [-0.39, 0.29) is 11.7 Å². The molecule has 0 saturated heterocycles. The number of rotatable bonds is 1. The fourth-order valence-electron chi connectivity index (χ4n) is 1.21. The fourth-order valence-corrected chi connectivity index (χ4v) is 2.17. The van der Waals surface area contributed by atoms with Gasteiger partial charge in [0.1, 0.15) is 5.82 Å². The summed E-state index contributed by atoms with van der Waals surface area (Å²) in [4.78, 5) is 0.507. The number of thiophene rings is 1. The quantitative estimate of drug-likeness (QED) is 0.384. The summed E-state index contributed by atoms with van der Waals surface area (Å²) < 4.78 is 13.7. The summed E-state index contributed by atoms with van der Waals surface area (Å²) in [5.74, 6) is -0.421. The normalized spacial score (nSPS) is 10.4. The largest absolute Gasteiger partial charge is 0.290 e. The number of nitrogens with one attached hydrogen (secondary N) is 2. The van der Waals surface area contributed by atoms with Crippen LogP contribution in [0.15, 0.2) is 24.3 Å². The van der Waals surface area contributed by atoms with Crippen molar-refractivity contribution in [3.8, 4) is 0 Å². The van der Waals surface area contributed by atoms with Gasteiger partial charge in [-0.25, -0.2) is 4.39 Å². The Bertz CT molecular complexity index is 495. The van der Waals surface area contributed by atoms with Gasteiger partial charge in [-0.2, -0.15) is 0 Å². The minimum atomic E-state index is -0.301. The first-order chi connectivity index (χ1) is 6.72. The van der Waals surface area contributed by atoms with Crippen LogP contribution in [0.3, 0.4) is 0 Å². The van der Waals surface area contributed by atoms with Crippen LogP contribution in [0, 0.1) is 11.2 Å². The van der Waals surface area contributed by atoms with Crippen LogP contribution in [0.25, 0.3) is 10.1 Å². The molecule has 0 atom stereocenters. The first-order valence-corrected chi connectivity index (χ1v) is 4.71. The van der Waals surface area contributed by atoms with Gasteiger partial charge < -0.3 is 0 Å². The molecular weight excluding hydrogens is 203 g/mol. The van der Waals surface area contributed by atoms with Gasteiger partial charge in [-0.1, -0.05) is 12.1 Å². The zero-order valence-corrected chi connectivity index (χ0v) is 7.86. The smallest absolute Gasteiger partial charge is 0.159 e. The molecule has 2 rings (SSSR count). The predicted octanol–water partition coefficient (Wildman–Crippen LogP) is 2.34. The summed E-state index contributed by atoms with van der Waals surface area (Å²) in [5.41, 5.74) is 1.73. The van der Waals surface area contributed by atoms with Crippen molar-refractivity contribution in [2.75, 3.05) is 0 Å². The number of hydroxylamine groups is 1. The number of fused-ring (bicyclic) bond motifs is 1. The van der Waals surface area contributed by atoms with Crippen LogP contribution in [0.1, 0.15) is 4.88 Å². The molecule has 1 aromatic carbocycles. The van der Waals surface area contributed by atoms with Crippen molar-refractivity contribution >= 4 is 27.3 Å². The first-order valence-electron chi connectivity index (χ1n) is 3.89. The minimum absolute atomic E-state index is 0.120. The molecule has 72 valence electrons. The molecular formula is C9H7FN2OS. The summed E-state index contributed by atoms with van der Waals surface area (Å²) in [7, 11) is 0. The van der Waals surface area contributed by atoms with Crippen molar-refractivity contribution in [1.82, 2.24) is 5.48 Å². The molecule has 0 fully saturated rings. The van der Waals surface area contributed by atoms with E-state index in [9.17, 15) is 4.39 Å². The van der Waals surface area contributed by atoms with Crippen LogP contribution >= 0.6 is 11.3 Å². The lowest BCUT2D eigenvalue weighted by molar-refractivity contribution is 0.234. The van der Waals surface area contributed by atoms with E-state index in [4.69, 9.17) is 10.6 Å². The monoisotopic (exact) mass is 210 g/mol. The topological polar surface area (TPSA) is 56.1 Å². The third-order valence-corrected chi connectivity index (χ3v) is 3.03. The van der Waals surface area contributed by atoms with Crippen LogP contribution in [0.2, 0.25) is 0 Å². The molecule has 2 aromatic rings. The summed E-state index contributed by atoms with van der Waals surface area (Å²) in [6.45, 7) is 0. The van der Waals surface area contributed by atoms with Gasteiger partial charge in [0, 0.05) is 0 Å². The zero-order chi connectivity index (χ0) is 10.1. The maximum atomic E-state index is 13.2. The van der Waals surface area contributed by atoms with Gasteiger partial charge >= 0.3 is 0 Å². The molecule has 0 aliphatic heterocycles. The Balaban J connectivity index is 2.62. The first kappa shape index (κ1) is 9.11. The lowest BCUT2D eigenvalue weighted by Gasteiger charge is -1.94. The van der Waals surface area contributed by atoms with E-state index in [1.54, 1.807) is 23.7 Å². The molecule has 3 N–H and O–H groups in total. The van der Waals surface area contributed by atoms with E-state index in [2.05, 4.69) is 0 Å². The molecule has 3 nitrogen and oxygen atoms in total. The number of benzene rings is 1. The molecule has 0 amide bonds. The molecule has 0 spiro atoms. The van der Waals surface area contributed by atoms with Gasteiger partial charge in [0.15, 0.2) is 5.84 Å². The van der Waals surface area contributed by atoms with Crippen molar-refractivity contribution in [1.29, 1.82) is 5.41 Å². The van der Waals surface area contributed by atoms with Gasteiger partial charge in [-0.3, -0.25) is 16.1 Å². The predicted molar refractivity (Wildman–Crippen MR) is 53.5 cm³/mol. The Kier molecular flexibility index (Phi) is 2.18. The van der Waals surface area contributed by atoms with Crippen LogP contribution < -0.4 is 5.48 Å². The molecule has 1 heterocycles. The standard InChI is InChI=1S/C9H7FN2OS/c10-6-3-1-2-5-4-7(9(11)12-13)14-8(5)6/h1-4,13H,(H2,11,12). The van der Waals surface area contributed by atoms with E-state index in [0.29, 0.717) is 9.58 Å². The third kappa shape index (κ3) is 1.36. The van der Waals surface area contributed by atoms with E-state index >= 15 is 0 Å². The van der Waals surface area contributed by atoms with Gasteiger partial charge in [-0.15, -0.1) is 11.3 Å². The van der Waals surface area contributed by atoms with Crippen molar-refractivity contribution in [3.05, 3.63) is 35.0 Å². The van der Waals surface area contributed by atoms with Crippen LogP contribution in [-0.4, -0.2) is 11.0 Å². The summed E-state index contributed by atoms with van der Waals surface area (Å²) in [6.07, 6.45) is 0. The SMILES string of the molecule is N=C(NO)c1cc2cccc(F)c2s1. The molecule has 0 bridgehead atoms. The maximum Gasteiger partial charge on any atom is 0.159 e. The summed E-state index contributed by atoms with van der Waals surface area (Å²) >= 11 is 1.13. The Morgan fingerprint density at radius 2 is 2.29 bits per heavy atom. The second kappa shape index (κ2) is 3.36. The molecule has 1 aromatic heterocycles. The van der Waals surface area contributed by atoms with Crippen molar-refractivity contribution in [2.45, 2.75) is 0 Å². The van der Waals surface area contributed by atoms with Crippen LogP contribution in [0.4, 0.5) is 4.39 Å². The van der Waals surface area contributed by atoms with E-state index < -0.39 is 0 Å². The Labute approximate surface area is 83.3 Å². The van der Waals surface area contributed by atoms with Crippen LogP contribution in [0.5, 0.6) is 0 Å². The Hall–Kier alpha value is -1.46. The van der Waals surface area contributed by atoms with Crippen molar-refractivity contribution in [2.24, 2.45) is 0 Å². The molecule has 0 unspecified atom stereocenters. The maximum absolute atomic E-state index is 13.2. The minimum Gasteiger partial charge on any atom is -0.290 e. The third-order valence-electron chi connectivity index (χ3n) is 1.85. The highest BCUT2D eigenvalue weighted by Gasteiger charge is 2.08. The number of hydrogen-bond acceptors (Lipinski definition) is 3. The molecule has 0 radical (unpaired) electrons. The van der Waals surface area contributed by atoms with Gasteiger partial charge in [-0.05, 0) is 17.5 Å². The highest BCUT2D eigenvalue weighted by molar-refractivity contribution is 7.20. The Morgan fingerprint density at radius 3 is 2.93 bits per heavy atom. The molecule has 0 saturated carbocycles. The molecule has 0 aliphatic carbocycles. The summed E-state index contributed by atoms with van der Waals surface area (Å²) in [5, 5.41) is 16.6. The number of amidine groups is 1. The summed E-state index contributed by atoms with van der Waals surface area (Å²) in [6, 6.07) is 6.42. The van der Waals surface area contributed by atoms with E-state index in [0.717, 1.165) is 16.7 Å². The van der Waals surface area contributed by atoms with E-state index in [1.165, 1.54) is 6.07 Å². The highest BCUT2D eigenvalue weighted by atomic mass is 32.1. The zero-order valence-electron chi connectivity index (χ0n) is 7.04. The lowest BCUT2D eigenvalue weighted by Crippen LogP contribution is -2.16. The number of hydrogen-bond donors (Lipinski definition) is 3. The lowest BCUT2D eigenvalue weighted by atomic mass is 10.2. The highest BCUT2D eigenvalue weighted by Crippen LogP contribution is 2.27. The second-order valence-corrected chi connectivity index (χ2v) is 3.81.